The van der Waals surface area contributed by atoms with Gasteiger partial charge in [0.2, 0.25) is 12.8 Å². The van der Waals surface area contributed by atoms with Gasteiger partial charge >= 0.3 is 0 Å². The summed E-state index contributed by atoms with van der Waals surface area (Å²) in [5.74, 6) is 1.53. The maximum absolute atomic E-state index is 10.4. The highest BCUT2D eigenvalue weighted by Crippen LogP contribution is 2.39. The molecule has 0 saturated heterocycles. The van der Waals surface area contributed by atoms with Crippen molar-refractivity contribution in [2.75, 3.05) is 10.6 Å². The van der Waals surface area contributed by atoms with Crippen LogP contribution in [0.15, 0.2) is 24.3 Å². The highest BCUT2D eigenvalue weighted by atomic mass is 16.1. The number of anilines is 2. The quantitative estimate of drug-likeness (QED) is 0.784. The van der Waals surface area contributed by atoms with Crippen molar-refractivity contribution < 1.29 is 9.59 Å². The van der Waals surface area contributed by atoms with Gasteiger partial charge < -0.3 is 10.6 Å². The number of hydrogen-bond acceptors (Lipinski definition) is 6. The molecular formula is C16H18N6O2. The predicted molar refractivity (Wildman–Crippen MR) is 87.4 cm³/mol. The average Bonchev–Trinajstić information content (AvgIpc) is 2.64. The van der Waals surface area contributed by atoms with E-state index in [0.717, 1.165) is 37.1 Å². The van der Waals surface area contributed by atoms with Crippen molar-refractivity contribution in [2.45, 2.75) is 37.5 Å². The van der Waals surface area contributed by atoms with Gasteiger partial charge in [0, 0.05) is 11.8 Å². The van der Waals surface area contributed by atoms with E-state index in [-0.39, 0.29) is 0 Å². The number of aromatic nitrogens is 4. The molecule has 0 aromatic carbocycles. The van der Waals surface area contributed by atoms with Crippen molar-refractivity contribution in [3.63, 3.8) is 0 Å². The van der Waals surface area contributed by atoms with Crippen LogP contribution in [0.1, 0.15) is 48.9 Å². The van der Waals surface area contributed by atoms with Crippen molar-refractivity contribution in [1.82, 2.24) is 20.4 Å². The first kappa shape index (κ1) is 16.0. The summed E-state index contributed by atoms with van der Waals surface area (Å²) in [7, 11) is 0. The summed E-state index contributed by atoms with van der Waals surface area (Å²) in [6.45, 7) is 0. The first-order valence-electron chi connectivity index (χ1n) is 7.87. The number of carbonyl (C=O) groups excluding carboxylic acids is 2. The summed E-state index contributed by atoms with van der Waals surface area (Å²) < 4.78 is 0. The molecular weight excluding hydrogens is 308 g/mol. The minimum atomic E-state index is 0.316. The van der Waals surface area contributed by atoms with E-state index in [1.807, 2.05) is 12.1 Å². The molecule has 1 aliphatic rings. The standard InChI is InChI=1S/C16H18N6O2/c23-9-17-15-6-4-13(19-21-15)11-2-1-3-12(8-11)14-5-7-16(18-10-24)22-20-14/h4-7,9-12H,1-3,8H2,(H,17,21,23)(H,18,22,24). The van der Waals surface area contributed by atoms with Crippen LogP contribution in [0.4, 0.5) is 11.6 Å². The van der Waals surface area contributed by atoms with E-state index in [1.165, 1.54) is 0 Å². The molecule has 8 heteroatoms. The second-order valence-electron chi connectivity index (χ2n) is 5.77. The maximum Gasteiger partial charge on any atom is 0.212 e. The van der Waals surface area contributed by atoms with Crippen LogP contribution >= 0.6 is 0 Å². The van der Waals surface area contributed by atoms with E-state index in [0.29, 0.717) is 36.3 Å². The zero-order valence-electron chi connectivity index (χ0n) is 13.1. The molecule has 0 aliphatic heterocycles. The molecule has 2 heterocycles. The molecule has 2 unspecified atom stereocenters. The highest BCUT2D eigenvalue weighted by molar-refractivity contribution is 5.68. The Morgan fingerprint density at radius 3 is 1.67 bits per heavy atom. The molecule has 1 aliphatic carbocycles. The zero-order valence-corrected chi connectivity index (χ0v) is 13.1. The number of amides is 2. The van der Waals surface area contributed by atoms with Crippen molar-refractivity contribution in [3.8, 4) is 0 Å². The molecule has 2 atom stereocenters. The monoisotopic (exact) mass is 326 g/mol. The Bertz CT molecular complexity index is 629. The Balaban J connectivity index is 1.69. The largest absolute Gasteiger partial charge is 0.312 e. The molecule has 0 spiro atoms. The number of rotatable bonds is 6. The molecule has 124 valence electrons. The molecule has 2 N–H and O–H groups in total. The average molecular weight is 326 g/mol. The van der Waals surface area contributed by atoms with Gasteiger partial charge in [-0.2, -0.15) is 10.2 Å². The van der Waals surface area contributed by atoms with Gasteiger partial charge in [0.25, 0.3) is 0 Å². The Morgan fingerprint density at radius 2 is 1.29 bits per heavy atom. The van der Waals surface area contributed by atoms with Crippen LogP contribution in [0.25, 0.3) is 0 Å². The SMILES string of the molecule is O=CNc1ccc(C2CCCC(c3ccc(NC=O)nn3)C2)nn1. The number of nitrogens with one attached hydrogen (secondary N) is 2. The minimum absolute atomic E-state index is 0.316. The van der Waals surface area contributed by atoms with Crippen LogP contribution in [-0.4, -0.2) is 33.2 Å². The molecule has 2 aromatic rings. The Kier molecular flexibility index (Phi) is 5.05. The van der Waals surface area contributed by atoms with Gasteiger partial charge in [-0.25, -0.2) is 0 Å². The van der Waals surface area contributed by atoms with Crippen molar-refractivity contribution in [2.24, 2.45) is 0 Å². The van der Waals surface area contributed by atoms with E-state index >= 15 is 0 Å². The Morgan fingerprint density at radius 1 is 0.792 bits per heavy atom. The first-order chi connectivity index (χ1) is 11.8. The molecule has 2 amide bonds. The second kappa shape index (κ2) is 7.58. The Hall–Kier alpha value is -2.90. The van der Waals surface area contributed by atoms with E-state index in [9.17, 15) is 9.59 Å². The number of nitrogens with zero attached hydrogens (tertiary/aromatic N) is 4. The third kappa shape index (κ3) is 3.70. The summed E-state index contributed by atoms with van der Waals surface area (Å²) in [5.41, 5.74) is 1.87. The second-order valence-corrected chi connectivity index (χ2v) is 5.77. The summed E-state index contributed by atoms with van der Waals surface area (Å²) in [6.07, 6.45) is 5.31. The normalized spacial score (nSPS) is 20.2. The van der Waals surface area contributed by atoms with E-state index in [4.69, 9.17) is 0 Å². The predicted octanol–water partition coefficient (Wildman–Crippen LogP) is 1.84. The lowest BCUT2D eigenvalue weighted by molar-refractivity contribution is -0.106. The van der Waals surface area contributed by atoms with Gasteiger partial charge in [0.1, 0.15) is 0 Å². The summed E-state index contributed by atoms with van der Waals surface area (Å²) >= 11 is 0. The van der Waals surface area contributed by atoms with Gasteiger partial charge in [-0.3, -0.25) is 9.59 Å². The van der Waals surface area contributed by atoms with Crippen LogP contribution in [-0.2, 0) is 9.59 Å². The third-order valence-corrected chi connectivity index (χ3v) is 4.29. The first-order valence-corrected chi connectivity index (χ1v) is 7.87. The number of hydrogen-bond donors (Lipinski definition) is 2. The minimum Gasteiger partial charge on any atom is -0.312 e. The van der Waals surface area contributed by atoms with Gasteiger partial charge in [-0.1, -0.05) is 6.42 Å². The maximum atomic E-state index is 10.4. The molecule has 0 radical (unpaired) electrons. The summed E-state index contributed by atoms with van der Waals surface area (Å²) in [6, 6.07) is 7.35. The third-order valence-electron chi connectivity index (χ3n) is 4.29. The van der Waals surface area contributed by atoms with Gasteiger partial charge in [-0.15, -0.1) is 10.2 Å². The van der Waals surface area contributed by atoms with Gasteiger partial charge in [0.15, 0.2) is 11.6 Å². The summed E-state index contributed by atoms with van der Waals surface area (Å²) in [5, 5.41) is 21.5. The van der Waals surface area contributed by atoms with Crippen molar-refractivity contribution in [1.29, 1.82) is 0 Å². The van der Waals surface area contributed by atoms with Crippen molar-refractivity contribution >= 4 is 24.5 Å². The van der Waals surface area contributed by atoms with E-state index in [2.05, 4.69) is 31.0 Å². The van der Waals surface area contributed by atoms with Gasteiger partial charge in [-0.05, 0) is 43.5 Å². The molecule has 24 heavy (non-hydrogen) atoms. The molecule has 1 fully saturated rings. The fourth-order valence-electron chi connectivity index (χ4n) is 3.12. The molecule has 1 saturated carbocycles. The van der Waals surface area contributed by atoms with Crippen LogP contribution in [0.5, 0.6) is 0 Å². The molecule has 0 bridgehead atoms. The highest BCUT2D eigenvalue weighted by Gasteiger charge is 2.26. The smallest absolute Gasteiger partial charge is 0.212 e. The topological polar surface area (TPSA) is 110 Å². The Labute approximate surface area is 139 Å². The molecule has 3 rings (SSSR count). The lowest BCUT2D eigenvalue weighted by atomic mass is 9.78. The molecule has 8 nitrogen and oxygen atoms in total. The van der Waals surface area contributed by atoms with Gasteiger partial charge in [0.05, 0.1) is 11.4 Å². The fraction of sp³-hybridized carbons (Fsp3) is 0.375. The van der Waals surface area contributed by atoms with Crippen LogP contribution in [0, 0.1) is 0 Å². The zero-order chi connectivity index (χ0) is 16.8. The lowest BCUT2D eigenvalue weighted by Crippen LogP contribution is -2.16. The fourth-order valence-corrected chi connectivity index (χ4v) is 3.12. The molecule has 2 aromatic heterocycles. The van der Waals surface area contributed by atoms with Crippen molar-refractivity contribution in [3.05, 3.63) is 35.7 Å². The lowest BCUT2D eigenvalue weighted by Gasteiger charge is -2.28. The van der Waals surface area contributed by atoms with Crippen LogP contribution < -0.4 is 10.6 Å². The van der Waals surface area contributed by atoms with E-state index in [1.54, 1.807) is 12.1 Å². The van der Waals surface area contributed by atoms with Crippen LogP contribution in [0.2, 0.25) is 0 Å². The summed E-state index contributed by atoms with van der Waals surface area (Å²) in [4.78, 5) is 20.8. The number of carbonyl (C=O) groups is 2. The van der Waals surface area contributed by atoms with E-state index < -0.39 is 0 Å². The van der Waals surface area contributed by atoms with Crippen LogP contribution in [0.3, 0.4) is 0 Å².